The largest absolute Gasteiger partial charge is 0.478 e. The quantitative estimate of drug-likeness (QED) is 0.445. The van der Waals surface area contributed by atoms with Crippen molar-refractivity contribution in [1.82, 2.24) is 10.3 Å². The number of amides is 1. The number of benzene rings is 2. The summed E-state index contributed by atoms with van der Waals surface area (Å²) in [5.74, 6) is -2.49. The van der Waals surface area contributed by atoms with E-state index in [-0.39, 0.29) is 11.1 Å². The Morgan fingerprint density at radius 2 is 1.79 bits per heavy atom. The maximum Gasteiger partial charge on any atom is 0.408 e. The molecule has 0 aliphatic carbocycles. The number of carbonyl (C=O) groups is 2. The van der Waals surface area contributed by atoms with Crippen LogP contribution in [0, 0.1) is 18.6 Å². The van der Waals surface area contributed by atoms with Gasteiger partial charge in [-0.2, -0.15) is 0 Å². The number of alkyl carbamates (subject to hydrolysis) is 1. The molecule has 0 aliphatic heterocycles. The number of hydrogen-bond acceptors (Lipinski definition) is 5. The Kier molecular flexibility index (Phi) is 7.19. The van der Waals surface area contributed by atoms with Crippen LogP contribution in [0.4, 0.5) is 13.6 Å². The molecule has 0 saturated heterocycles. The molecular weight excluding hydrogens is 442 g/mol. The van der Waals surface area contributed by atoms with Gasteiger partial charge in [-0.3, -0.25) is 4.79 Å². The van der Waals surface area contributed by atoms with Crippen LogP contribution in [-0.4, -0.2) is 29.1 Å². The monoisotopic (exact) mass is 470 g/mol. The van der Waals surface area contributed by atoms with Gasteiger partial charge in [0, 0.05) is 22.5 Å². The molecule has 0 radical (unpaired) electrons. The fraction of sp³-hybridized carbons (Fsp3) is 0.346. The van der Waals surface area contributed by atoms with Gasteiger partial charge in [0.25, 0.3) is 0 Å². The highest BCUT2D eigenvalue weighted by Crippen LogP contribution is 2.32. The lowest BCUT2D eigenvalue weighted by atomic mass is 9.94. The Bertz CT molecular complexity index is 1230. The number of aromatic nitrogens is 1. The van der Waals surface area contributed by atoms with Gasteiger partial charge in [-0.25, -0.2) is 18.6 Å². The predicted molar refractivity (Wildman–Crippen MR) is 125 cm³/mol. The fourth-order valence-electron chi connectivity index (χ4n) is 3.65. The SMILES string of the molecule is CCOc1ncc(C)c2c(C(=O)c3c(F)cc([C@H](C)NC(=O)OC(C)(C)C)cc3F)cccc12. The number of rotatable bonds is 6. The van der Waals surface area contributed by atoms with Crippen molar-refractivity contribution in [2.24, 2.45) is 0 Å². The highest BCUT2D eigenvalue weighted by molar-refractivity contribution is 6.17. The third-order valence-corrected chi connectivity index (χ3v) is 5.12. The van der Waals surface area contributed by atoms with Crippen LogP contribution < -0.4 is 10.1 Å². The van der Waals surface area contributed by atoms with Gasteiger partial charge in [0.2, 0.25) is 5.88 Å². The highest BCUT2D eigenvalue weighted by atomic mass is 19.1. The maximum absolute atomic E-state index is 15.1. The van der Waals surface area contributed by atoms with E-state index < -0.39 is 40.7 Å². The summed E-state index contributed by atoms with van der Waals surface area (Å²) in [6, 6.07) is 6.23. The molecule has 1 atom stereocenters. The number of carbonyl (C=O) groups excluding carboxylic acids is 2. The van der Waals surface area contributed by atoms with Crippen LogP contribution in [0.25, 0.3) is 10.8 Å². The average molecular weight is 471 g/mol. The molecule has 34 heavy (non-hydrogen) atoms. The van der Waals surface area contributed by atoms with E-state index in [0.717, 1.165) is 12.1 Å². The number of ketones is 1. The minimum atomic E-state index is -1.02. The smallest absolute Gasteiger partial charge is 0.408 e. The van der Waals surface area contributed by atoms with Gasteiger partial charge in [-0.1, -0.05) is 12.1 Å². The number of nitrogens with zero attached hydrogens (tertiary/aromatic N) is 1. The molecule has 0 spiro atoms. The van der Waals surface area contributed by atoms with E-state index in [1.165, 1.54) is 6.07 Å². The van der Waals surface area contributed by atoms with Crippen molar-refractivity contribution in [3.8, 4) is 5.88 Å². The Morgan fingerprint density at radius 1 is 1.15 bits per heavy atom. The molecule has 0 unspecified atom stereocenters. The lowest BCUT2D eigenvalue weighted by molar-refractivity contribution is 0.0507. The molecule has 8 heteroatoms. The summed E-state index contributed by atoms with van der Waals surface area (Å²) in [6.07, 6.45) is 0.843. The zero-order valence-corrected chi connectivity index (χ0v) is 20.1. The molecule has 1 aromatic heterocycles. The predicted octanol–water partition coefficient (Wildman–Crippen LogP) is 6.04. The van der Waals surface area contributed by atoms with Gasteiger partial charge in [0.15, 0.2) is 5.78 Å². The van der Waals surface area contributed by atoms with Crippen molar-refractivity contribution < 1.29 is 27.8 Å². The van der Waals surface area contributed by atoms with E-state index in [2.05, 4.69) is 10.3 Å². The number of nitrogens with one attached hydrogen (secondary N) is 1. The van der Waals surface area contributed by atoms with Crippen molar-refractivity contribution in [2.45, 2.75) is 53.2 Å². The maximum atomic E-state index is 15.1. The standard InChI is InChI=1S/C26H28F2N2O4/c1-7-33-24-18-10-8-9-17(21(18)14(2)13-29-24)23(31)22-19(27)11-16(12-20(22)28)15(3)30-25(32)34-26(4,5)6/h8-13,15H,7H2,1-6H3,(H,30,32)/t15-/m0/s1. The van der Waals surface area contributed by atoms with E-state index in [4.69, 9.17) is 9.47 Å². The van der Waals surface area contributed by atoms with E-state index in [1.807, 2.05) is 6.92 Å². The first-order chi connectivity index (χ1) is 15.9. The molecule has 0 fully saturated rings. The van der Waals surface area contributed by atoms with Crippen LogP contribution in [0.2, 0.25) is 0 Å². The van der Waals surface area contributed by atoms with Crippen molar-refractivity contribution in [1.29, 1.82) is 0 Å². The lowest BCUT2D eigenvalue weighted by Gasteiger charge is -2.22. The topological polar surface area (TPSA) is 77.5 Å². The molecule has 6 nitrogen and oxygen atoms in total. The van der Waals surface area contributed by atoms with Gasteiger partial charge >= 0.3 is 6.09 Å². The summed E-state index contributed by atoms with van der Waals surface area (Å²) >= 11 is 0. The van der Waals surface area contributed by atoms with Crippen molar-refractivity contribution in [3.05, 3.63) is 70.4 Å². The molecule has 0 bridgehead atoms. The minimum Gasteiger partial charge on any atom is -0.478 e. The molecule has 1 amide bonds. The average Bonchev–Trinajstić information content (AvgIpc) is 2.73. The second-order valence-corrected chi connectivity index (χ2v) is 8.96. The third-order valence-electron chi connectivity index (χ3n) is 5.12. The van der Waals surface area contributed by atoms with Crippen molar-refractivity contribution in [2.75, 3.05) is 6.61 Å². The summed E-state index contributed by atoms with van der Waals surface area (Å²) in [5, 5.41) is 3.64. The summed E-state index contributed by atoms with van der Waals surface area (Å²) in [6.45, 7) is 10.6. The molecule has 3 aromatic rings. The zero-order chi connectivity index (χ0) is 25.2. The van der Waals surface area contributed by atoms with Gasteiger partial charge in [0.05, 0.1) is 18.2 Å². The zero-order valence-electron chi connectivity index (χ0n) is 20.1. The summed E-state index contributed by atoms with van der Waals surface area (Å²) in [4.78, 5) is 29.6. The Balaban J connectivity index is 1.99. The number of aryl methyl sites for hydroxylation is 1. The molecule has 1 N–H and O–H groups in total. The number of fused-ring (bicyclic) bond motifs is 1. The van der Waals surface area contributed by atoms with E-state index in [1.54, 1.807) is 52.9 Å². The highest BCUT2D eigenvalue weighted by Gasteiger charge is 2.25. The van der Waals surface area contributed by atoms with Crippen LogP contribution in [0.1, 0.15) is 67.7 Å². The summed E-state index contributed by atoms with van der Waals surface area (Å²) in [5.41, 5.74) is -0.409. The number of ether oxygens (including phenoxy) is 2. The normalized spacial score (nSPS) is 12.4. The van der Waals surface area contributed by atoms with Crippen LogP contribution in [0.3, 0.4) is 0 Å². The van der Waals surface area contributed by atoms with Crippen LogP contribution >= 0.6 is 0 Å². The number of pyridine rings is 1. The molecule has 180 valence electrons. The van der Waals surface area contributed by atoms with Gasteiger partial charge < -0.3 is 14.8 Å². The molecule has 0 aliphatic rings. The van der Waals surface area contributed by atoms with Crippen molar-refractivity contribution in [3.63, 3.8) is 0 Å². The van der Waals surface area contributed by atoms with E-state index in [9.17, 15) is 9.59 Å². The molecule has 1 heterocycles. The minimum absolute atomic E-state index is 0.142. The number of halogens is 2. The lowest BCUT2D eigenvalue weighted by Crippen LogP contribution is -2.34. The number of hydrogen-bond donors (Lipinski definition) is 1. The molecule has 0 saturated carbocycles. The Morgan fingerprint density at radius 3 is 2.38 bits per heavy atom. The van der Waals surface area contributed by atoms with Crippen LogP contribution in [-0.2, 0) is 4.74 Å². The molecule has 2 aromatic carbocycles. The second-order valence-electron chi connectivity index (χ2n) is 8.96. The Hall–Kier alpha value is -3.55. The molecular formula is C26H28F2N2O4. The van der Waals surface area contributed by atoms with Crippen LogP contribution in [0.15, 0.2) is 36.5 Å². The van der Waals surface area contributed by atoms with Crippen molar-refractivity contribution >= 4 is 22.6 Å². The second kappa shape index (κ2) is 9.75. The van der Waals surface area contributed by atoms with Crippen LogP contribution in [0.5, 0.6) is 5.88 Å². The van der Waals surface area contributed by atoms with Gasteiger partial charge in [0.1, 0.15) is 17.2 Å². The first-order valence-corrected chi connectivity index (χ1v) is 11.0. The fourth-order valence-corrected chi connectivity index (χ4v) is 3.65. The first kappa shape index (κ1) is 25.1. The van der Waals surface area contributed by atoms with Gasteiger partial charge in [-0.05, 0) is 70.9 Å². The first-order valence-electron chi connectivity index (χ1n) is 11.0. The Labute approximate surface area is 197 Å². The van der Waals surface area contributed by atoms with E-state index in [0.29, 0.717) is 28.8 Å². The van der Waals surface area contributed by atoms with E-state index >= 15 is 8.78 Å². The summed E-state index contributed by atoms with van der Waals surface area (Å²) < 4.78 is 40.9. The summed E-state index contributed by atoms with van der Waals surface area (Å²) in [7, 11) is 0. The molecule has 3 rings (SSSR count). The third kappa shape index (κ3) is 5.32. The van der Waals surface area contributed by atoms with Gasteiger partial charge in [-0.15, -0.1) is 0 Å².